The van der Waals surface area contributed by atoms with Crippen molar-refractivity contribution in [2.75, 3.05) is 20.1 Å². The van der Waals surface area contributed by atoms with Gasteiger partial charge in [0.2, 0.25) is 10.0 Å². The minimum atomic E-state index is -3.76. The second kappa shape index (κ2) is 7.89. The van der Waals surface area contributed by atoms with Crippen molar-refractivity contribution in [2.45, 2.75) is 30.7 Å². The van der Waals surface area contributed by atoms with Gasteiger partial charge in [0.15, 0.2) is 0 Å². The summed E-state index contributed by atoms with van der Waals surface area (Å²) in [5, 5.41) is 14.3. The highest BCUT2D eigenvalue weighted by molar-refractivity contribution is 9.10. The molecular weight excluding hydrogens is 410 g/mol. The van der Waals surface area contributed by atoms with Gasteiger partial charge in [0, 0.05) is 29.2 Å². The van der Waals surface area contributed by atoms with Crippen LogP contribution >= 0.6 is 28.3 Å². The van der Waals surface area contributed by atoms with Crippen LogP contribution in [0.25, 0.3) is 0 Å². The van der Waals surface area contributed by atoms with Crippen LogP contribution < -0.4 is 5.32 Å². The van der Waals surface area contributed by atoms with Crippen LogP contribution in [0.3, 0.4) is 0 Å². The molecule has 2 rings (SSSR count). The summed E-state index contributed by atoms with van der Waals surface area (Å²) in [5.41, 5.74) is 0.208. The molecule has 1 heterocycles. The minimum Gasteiger partial charge on any atom is -0.317 e. The smallest absolute Gasteiger partial charge is 0.274 e. The van der Waals surface area contributed by atoms with E-state index >= 15 is 0 Å². The minimum absolute atomic E-state index is 0. The predicted molar refractivity (Wildman–Crippen MR) is 93.6 cm³/mol. The Bertz CT molecular complexity index is 693. The van der Waals surface area contributed by atoms with E-state index in [4.69, 9.17) is 0 Å². The summed E-state index contributed by atoms with van der Waals surface area (Å²) in [6.07, 6.45) is 1.45. The first kappa shape index (κ1) is 20.3. The Hall–Kier alpha value is -0.740. The SMILES string of the molecule is Cc1c(Br)cc(S(=O)(=O)N(C)C2CCNCC2)cc1[N+](=O)[O-].Cl. The van der Waals surface area contributed by atoms with Gasteiger partial charge < -0.3 is 5.32 Å². The highest BCUT2D eigenvalue weighted by atomic mass is 79.9. The molecule has 0 aliphatic carbocycles. The number of rotatable bonds is 4. The Morgan fingerprint density at radius 3 is 2.43 bits per heavy atom. The third-order valence-corrected chi connectivity index (χ3v) is 6.70. The fourth-order valence-corrected chi connectivity index (χ4v) is 4.58. The molecule has 130 valence electrons. The zero-order valence-corrected chi connectivity index (χ0v) is 16.0. The van der Waals surface area contributed by atoms with Crippen molar-refractivity contribution in [2.24, 2.45) is 0 Å². The molecule has 7 nitrogen and oxygen atoms in total. The number of nitrogens with zero attached hydrogens (tertiary/aromatic N) is 2. The van der Waals surface area contributed by atoms with Gasteiger partial charge in [-0.25, -0.2) is 8.42 Å². The van der Waals surface area contributed by atoms with E-state index in [0.717, 1.165) is 32.0 Å². The van der Waals surface area contributed by atoms with E-state index < -0.39 is 14.9 Å². The number of nitrogens with one attached hydrogen (secondary N) is 1. The highest BCUT2D eigenvalue weighted by Crippen LogP contribution is 2.31. The van der Waals surface area contributed by atoms with Gasteiger partial charge in [0.05, 0.1) is 9.82 Å². The van der Waals surface area contributed by atoms with E-state index in [1.165, 1.54) is 17.4 Å². The number of nitro benzene ring substituents is 1. The molecule has 0 spiro atoms. The molecule has 1 saturated heterocycles. The topological polar surface area (TPSA) is 92.6 Å². The fourth-order valence-electron chi connectivity index (χ4n) is 2.51. The number of benzene rings is 1. The van der Waals surface area contributed by atoms with Gasteiger partial charge in [0.1, 0.15) is 0 Å². The number of halogens is 2. The first-order valence-corrected chi connectivity index (χ1v) is 9.11. The first-order chi connectivity index (χ1) is 10.2. The van der Waals surface area contributed by atoms with Gasteiger partial charge >= 0.3 is 0 Å². The van der Waals surface area contributed by atoms with Crippen molar-refractivity contribution in [3.05, 3.63) is 32.3 Å². The highest BCUT2D eigenvalue weighted by Gasteiger charge is 2.31. The predicted octanol–water partition coefficient (Wildman–Crippen LogP) is 2.46. The molecule has 1 aromatic carbocycles. The zero-order chi connectivity index (χ0) is 16.5. The maximum atomic E-state index is 12.7. The van der Waals surface area contributed by atoms with Crippen molar-refractivity contribution in [1.29, 1.82) is 0 Å². The average molecular weight is 429 g/mol. The second-order valence-corrected chi connectivity index (χ2v) is 8.16. The number of sulfonamides is 1. The summed E-state index contributed by atoms with van der Waals surface area (Å²) in [6.45, 7) is 3.11. The largest absolute Gasteiger partial charge is 0.317 e. The molecule has 1 N–H and O–H groups in total. The molecule has 10 heteroatoms. The van der Waals surface area contributed by atoms with Crippen molar-refractivity contribution in [3.8, 4) is 0 Å². The van der Waals surface area contributed by atoms with Crippen molar-refractivity contribution in [3.63, 3.8) is 0 Å². The van der Waals surface area contributed by atoms with Crippen LogP contribution in [0.15, 0.2) is 21.5 Å². The Labute approximate surface area is 150 Å². The third-order valence-electron chi connectivity index (χ3n) is 3.99. The molecule has 0 atom stereocenters. The number of piperidine rings is 1. The molecule has 1 aliphatic heterocycles. The van der Waals surface area contributed by atoms with E-state index in [9.17, 15) is 18.5 Å². The van der Waals surface area contributed by atoms with Crippen LogP contribution in [-0.4, -0.2) is 43.8 Å². The molecular formula is C13H19BrClN3O4S. The summed E-state index contributed by atoms with van der Waals surface area (Å²) in [4.78, 5) is 10.5. The zero-order valence-electron chi connectivity index (χ0n) is 12.8. The van der Waals surface area contributed by atoms with Gasteiger partial charge in [0.25, 0.3) is 5.69 Å². The molecule has 0 amide bonds. The lowest BCUT2D eigenvalue weighted by Gasteiger charge is -2.30. The number of hydrogen-bond donors (Lipinski definition) is 1. The van der Waals surface area contributed by atoms with Crippen molar-refractivity contribution >= 4 is 44.0 Å². The lowest BCUT2D eigenvalue weighted by Crippen LogP contribution is -2.43. The van der Waals surface area contributed by atoms with Gasteiger partial charge in [-0.3, -0.25) is 10.1 Å². The summed E-state index contributed by atoms with van der Waals surface area (Å²) in [7, 11) is -2.23. The van der Waals surface area contributed by atoms with Crippen LogP contribution in [-0.2, 0) is 10.0 Å². The Kier molecular flexibility index (Phi) is 6.96. The van der Waals surface area contributed by atoms with Gasteiger partial charge in [-0.2, -0.15) is 4.31 Å². The van der Waals surface area contributed by atoms with Crippen LogP contribution in [0.4, 0.5) is 5.69 Å². The second-order valence-electron chi connectivity index (χ2n) is 5.31. The normalized spacial score (nSPS) is 16.2. The summed E-state index contributed by atoms with van der Waals surface area (Å²) < 4.78 is 27.2. The quantitative estimate of drug-likeness (QED) is 0.587. The van der Waals surface area contributed by atoms with Gasteiger partial charge in [-0.05, 0) is 38.9 Å². The van der Waals surface area contributed by atoms with E-state index in [2.05, 4.69) is 21.2 Å². The van der Waals surface area contributed by atoms with Gasteiger partial charge in [-0.1, -0.05) is 15.9 Å². The molecule has 0 saturated carbocycles. The molecule has 1 aliphatic rings. The molecule has 1 aromatic rings. The third kappa shape index (κ3) is 4.21. The first-order valence-electron chi connectivity index (χ1n) is 6.88. The van der Waals surface area contributed by atoms with Crippen LogP contribution in [0, 0.1) is 17.0 Å². The summed E-state index contributed by atoms with van der Waals surface area (Å²) >= 11 is 3.21. The standard InChI is InChI=1S/C13H18BrN3O4S.ClH/c1-9-12(14)7-11(8-13(9)17(18)19)22(20,21)16(2)10-3-5-15-6-4-10;/h7-8,10,15H,3-6H2,1-2H3;1H. The Balaban J connectivity index is 0.00000264. The molecule has 23 heavy (non-hydrogen) atoms. The molecule has 0 radical (unpaired) electrons. The summed E-state index contributed by atoms with van der Waals surface area (Å²) in [6, 6.07) is 2.47. The van der Waals surface area contributed by atoms with Gasteiger partial charge in [-0.15, -0.1) is 12.4 Å². The molecule has 0 aromatic heterocycles. The average Bonchev–Trinajstić information content (AvgIpc) is 2.49. The molecule has 1 fully saturated rings. The maximum Gasteiger partial charge on any atom is 0.274 e. The lowest BCUT2D eigenvalue weighted by atomic mass is 10.1. The molecule has 0 bridgehead atoms. The Morgan fingerprint density at radius 2 is 1.91 bits per heavy atom. The number of hydrogen-bond acceptors (Lipinski definition) is 5. The Morgan fingerprint density at radius 1 is 1.35 bits per heavy atom. The van der Waals surface area contributed by atoms with Crippen LogP contribution in [0.5, 0.6) is 0 Å². The van der Waals surface area contributed by atoms with Crippen LogP contribution in [0.1, 0.15) is 18.4 Å². The molecule has 0 unspecified atom stereocenters. The van der Waals surface area contributed by atoms with E-state index in [1.807, 2.05) is 0 Å². The lowest BCUT2D eigenvalue weighted by molar-refractivity contribution is -0.385. The van der Waals surface area contributed by atoms with E-state index in [1.54, 1.807) is 6.92 Å². The maximum absolute atomic E-state index is 12.7. The fraction of sp³-hybridized carbons (Fsp3) is 0.538. The summed E-state index contributed by atoms with van der Waals surface area (Å²) in [5.74, 6) is 0. The van der Waals surface area contributed by atoms with E-state index in [0.29, 0.717) is 10.0 Å². The van der Waals surface area contributed by atoms with Crippen molar-refractivity contribution in [1.82, 2.24) is 9.62 Å². The van der Waals surface area contributed by atoms with Crippen LogP contribution in [0.2, 0.25) is 0 Å². The monoisotopic (exact) mass is 427 g/mol. The van der Waals surface area contributed by atoms with E-state index in [-0.39, 0.29) is 29.0 Å². The van der Waals surface area contributed by atoms with Crippen molar-refractivity contribution < 1.29 is 13.3 Å². The number of nitro groups is 1.